The molecule has 3 nitrogen and oxygen atoms in total. The second-order valence-corrected chi connectivity index (χ2v) is 7.07. The van der Waals surface area contributed by atoms with Crippen LogP contribution in [0.3, 0.4) is 0 Å². The van der Waals surface area contributed by atoms with Gasteiger partial charge in [0.2, 0.25) is 0 Å². The summed E-state index contributed by atoms with van der Waals surface area (Å²) in [6.07, 6.45) is 0.787. The van der Waals surface area contributed by atoms with E-state index in [4.69, 9.17) is 23.2 Å². The SMILES string of the molecule is CCc1nc2cc(Cl)c(Cl)cc2n1-c1ccc(C(C)(C)C#N)cc1. The third-order valence-electron chi connectivity index (χ3n) is 4.21. The summed E-state index contributed by atoms with van der Waals surface area (Å²) in [4.78, 5) is 4.66. The lowest BCUT2D eigenvalue weighted by molar-refractivity contribution is 0.686. The van der Waals surface area contributed by atoms with Crippen molar-refractivity contribution in [2.24, 2.45) is 0 Å². The zero-order chi connectivity index (χ0) is 17.5. The maximum absolute atomic E-state index is 9.29. The van der Waals surface area contributed by atoms with Gasteiger partial charge < -0.3 is 0 Å². The van der Waals surface area contributed by atoms with Gasteiger partial charge in [-0.05, 0) is 43.7 Å². The van der Waals surface area contributed by atoms with Gasteiger partial charge in [-0.15, -0.1) is 0 Å². The van der Waals surface area contributed by atoms with Gasteiger partial charge in [-0.3, -0.25) is 4.57 Å². The van der Waals surface area contributed by atoms with Crippen LogP contribution in [0.15, 0.2) is 36.4 Å². The van der Waals surface area contributed by atoms with E-state index >= 15 is 0 Å². The molecule has 3 aromatic rings. The summed E-state index contributed by atoms with van der Waals surface area (Å²) in [7, 11) is 0. The van der Waals surface area contributed by atoms with E-state index in [1.54, 1.807) is 6.07 Å². The molecule has 0 aliphatic rings. The molecule has 0 bridgehead atoms. The van der Waals surface area contributed by atoms with E-state index in [2.05, 4.69) is 22.5 Å². The average Bonchev–Trinajstić information content (AvgIpc) is 2.92. The van der Waals surface area contributed by atoms with Crippen LogP contribution in [-0.4, -0.2) is 9.55 Å². The number of hydrogen-bond acceptors (Lipinski definition) is 2. The van der Waals surface area contributed by atoms with Crippen molar-refractivity contribution in [3.8, 4) is 11.8 Å². The summed E-state index contributed by atoms with van der Waals surface area (Å²) in [5, 5.41) is 10.3. The Hall–Kier alpha value is -2.02. The van der Waals surface area contributed by atoms with Crippen LogP contribution in [0.4, 0.5) is 0 Å². The van der Waals surface area contributed by atoms with E-state index in [1.165, 1.54) is 0 Å². The summed E-state index contributed by atoms with van der Waals surface area (Å²) < 4.78 is 2.08. The molecule has 0 fully saturated rings. The standard InChI is InChI=1S/C19H17Cl2N3/c1-4-18-23-16-9-14(20)15(21)10-17(16)24(18)13-7-5-12(6-8-13)19(2,3)11-22/h5-10H,4H2,1-3H3. The lowest BCUT2D eigenvalue weighted by atomic mass is 9.86. The van der Waals surface area contributed by atoms with Gasteiger partial charge in [-0.2, -0.15) is 5.26 Å². The minimum Gasteiger partial charge on any atom is -0.296 e. The number of hydrogen-bond donors (Lipinski definition) is 0. The molecule has 1 aromatic heterocycles. The fourth-order valence-corrected chi connectivity index (χ4v) is 3.06. The number of rotatable bonds is 3. The summed E-state index contributed by atoms with van der Waals surface area (Å²) in [5.74, 6) is 0.940. The maximum Gasteiger partial charge on any atom is 0.114 e. The maximum atomic E-state index is 9.29. The summed E-state index contributed by atoms with van der Waals surface area (Å²) in [5.41, 5.74) is 3.21. The van der Waals surface area contributed by atoms with E-state index in [1.807, 2.05) is 44.2 Å². The summed E-state index contributed by atoms with van der Waals surface area (Å²) >= 11 is 12.3. The molecule has 0 atom stereocenters. The molecule has 0 aliphatic heterocycles. The van der Waals surface area contributed by atoms with Crippen LogP contribution >= 0.6 is 23.2 Å². The van der Waals surface area contributed by atoms with Crippen LogP contribution in [0, 0.1) is 11.3 Å². The predicted octanol–water partition coefficient (Wildman–Crippen LogP) is 5.70. The number of halogens is 2. The molecule has 0 radical (unpaired) electrons. The Morgan fingerprint density at radius 2 is 1.75 bits per heavy atom. The van der Waals surface area contributed by atoms with Crippen molar-refractivity contribution >= 4 is 34.2 Å². The van der Waals surface area contributed by atoms with E-state index in [0.717, 1.165) is 34.5 Å². The summed E-state index contributed by atoms with van der Waals surface area (Å²) in [6.45, 7) is 5.88. The minimum absolute atomic E-state index is 0.502. The lowest BCUT2D eigenvalue weighted by Gasteiger charge is -2.17. The number of nitriles is 1. The first-order valence-electron chi connectivity index (χ1n) is 7.76. The van der Waals surface area contributed by atoms with Gasteiger partial charge >= 0.3 is 0 Å². The van der Waals surface area contributed by atoms with Crippen LogP contribution in [0.1, 0.15) is 32.2 Å². The van der Waals surface area contributed by atoms with Gasteiger partial charge in [0, 0.05) is 12.1 Å². The highest BCUT2D eigenvalue weighted by Gasteiger charge is 2.20. The normalized spacial score (nSPS) is 11.7. The number of aromatic nitrogens is 2. The Balaban J connectivity index is 2.19. The number of fused-ring (bicyclic) bond motifs is 1. The molecule has 0 saturated carbocycles. The third kappa shape index (κ3) is 2.77. The van der Waals surface area contributed by atoms with Crippen LogP contribution in [0.25, 0.3) is 16.7 Å². The minimum atomic E-state index is -0.514. The van der Waals surface area contributed by atoms with Gasteiger partial charge in [0.1, 0.15) is 5.82 Å². The number of benzene rings is 2. The fourth-order valence-electron chi connectivity index (χ4n) is 2.74. The van der Waals surface area contributed by atoms with Gasteiger partial charge in [-0.1, -0.05) is 42.3 Å². The zero-order valence-corrected chi connectivity index (χ0v) is 15.3. The Morgan fingerprint density at radius 3 is 2.33 bits per heavy atom. The molecule has 1 heterocycles. The molecular weight excluding hydrogens is 341 g/mol. The summed E-state index contributed by atoms with van der Waals surface area (Å²) in [6, 6.07) is 14.0. The topological polar surface area (TPSA) is 41.6 Å². The Labute approximate surface area is 151 Å². The highest BCUT2D eigenvalue weighted by Crippen LogP contribution is 2.31. The lowest BCUT2D eigenvalue weighted by Crippen LogP contribution is -2.13. The monoisotopic (exact) mass is 357 g/mol. The molecule has 3 rings (SSSR count). The fraction of sp³-hybridized carbons (Fsp3) is 0.263. The number of nitrogens with zero attached hydrogens (tertiary/aromatic N) is 3. The zero-order valence-electron chi connectivity index (χ0n) is 13.8. The van der Waals surface area contributed by atoms with Crippen molar-refractivity contribution in [3.05, 3.63) is 57.8 Å². The van der Waals surface area contributed by atoms with Crippen molar-refractivity contribution in [1.29, 1.82) is 5.26 Å². The van der Waals surface area contributed by atoms with Crippen molar-refractivity contribution in [3.63, 3.8) is 0 Å². The van der Waals surface area contributed by atoms with E-state index in [9.17, 15) is 5.26 Å². The van der Waals surface area contributed by atoms with Crippen LogP contribution in [0.2, 0.25) is 10.0 Å². The Kier molecular flexibility index (Phi) is 4.29. The van der Waals surface area contributed by atoms with Gasteiger partial charge in [0.05, 0.1) is 32.6 Å². The average molecular weight is 358 g/mol. The van der Waals surface area contributed by atoms with E-state index < -0.39 is 5.41 Å². The molecule has 122 valence electrons. The highest BCUT2D eigenvalue weighted by atomic mass is 35.5. The van der Waals surface area contributed by atoms with Crippen molar-refractivity contribution in [2.45, 2.75) is 32.6 Å². The molecule has 0 amide bonds. The second kappa shape index (κ2) is 6.12. The van der Waals surface area contributed by atoms with Gasteiger partial charge in [0.25, 0.3) is 0 Å². The smallest absolute Gasteiger partial charge is 0.114 e. The Bertz CT molecular complexity index is 947. The first-order valence-corrected chi connectivity index (χ1v) is 8.51. The van der Waals surface area contributed by atoms with Crippen LogP contribution < -0.4 is 0 Å². The number of imidazole rings is 1. The molecule has 24 heavy (non-hydrogen) atoms. The molecule has 0 saturated heterocycles. The van der Waals surface area contributed by atoms with Gasteiger partial charge in [-0.25, -0.2) is 4.98 Å². The first kappa shape index (κ1) is 16.8. The molecule has 0 spiro atoms. The van der Waals surface area contributed by atoms with Crippen molar-refractivity contribution < 1.29 is 0 Å². The van der Waals surface area contributed by atoms with E-state index in [0.29, 0.717) is 10.0 Å². The molecule has 2 aromatic carbocycles. The third-order valence-corrected chi connectivity index (χ3v) is 4.93. The first-order chi connectivity index (χ1) is 11.4. The van der Waals surface area contributed by atoms with E-state index in [-0.39, 0.29) is 0 Å². The number of aryl methyl sites for hydroxylation is 1. The molecule has 5 heteroatoms. The largest absolute Gasteiger partial charge is 0.296 e. The predicted molar refractivity (Wildman–Crippen MR) is 99.1 cm³/mol. The van der Waals surface area contributed by atoms with Gasteiger partial charge in [0.15, 0.2) is 0 Å². The Morgan fingerprint density at radius 1 is 1.12 bits per heavy atom. The quantitative estimate of drug-likeness (QED) is 0.603. The molecule has 0 N–H and O–H groups in total. The van der Waals surface area contributed by atoms with Crippen LogP contribution in [-0.2, 0) is 11.8 Å². The van der Waals surface area contributed by atoms with Crippen molar-refractivity contribution in [2.75, 3.05) is 0 Å². The molecule has 0 aliphatic carbocycles. The molecule has 0 unspecified atom stereocenters. The second-order valence-electron chi connectivity index (χ2n) is 6.26. The highest BCUT2D eigenvalue weighted by molar-refractivity contribution is 6.42. The van der Waals surface area contributed by atoms with Crippen molar-refractivity contribution in [1.82, 2.24) is 9.55 Å². The van der Waals surface area contributed by atoms with Crippen LogP contribution in [0.5, 0.6) is 0 Å². The molecular formula is C19H17Cl2N3.